The van der Waals surface area contributed by atoms with Crippen molar-refractivity contribution in [2.75, 3.05) is 18.4 Å². The van der Waals surface area contributed by atoms with E-state index in [0.717, 1.165) is 17.2 Å². The Kier molecular flexibility index (Phi) is 7.31. The van der Waals surface area contributed by atoms with E-state index in [4.69, 9.17) is 9.47 Å². The Morgan fingerprint density at radius 2 is 1.97 bits per heavy atom. The van der Waals surface area contributed by atoms with Crippen LogP contribution in [0.3, 0.4) is 0 Å². The van der Waals surface area contributed by atoms with E-state index in [0.29, 0.717) is 0 Å². The molecule has 1 aliphatic rings. The van der Waals surface area contributed by atoms with Crippen LogP contribution < -0.4 is 14.8 Å². The van der Waals surface area contributed by atoms with E-state index in [1.165, 1.54) is 6.20 Å². The minimum atomic E-state index is -4.65. The van der Waals surface area contributed by atoms with E-state index in [1.807, 2.05) is 0 Å². The third-order valence-electron chi connectivity index (χ3n) is 4.53. The van der Waals surface area contributed by atoms with Gasteiger partial charge in [-0.15, -0.1) is 5.10 Å². The van der Waals surface area contributed by atoms with Gasteiger partial charge in [0.25, 0.3) is 0 Å². The summed E-state index contributed by atoms with van der Waals surface area (Å²) in [7, 11) is 0. The summed E-state index contributed by atoms with van der Waals surface area (Å²) < 4.78 is 80.5. The minimum Gasteiger partial charge on any atom is -0.472 e. The van der Waals surface area contributed by atoms with Crippen molar-refractivity contribution in [2.24, 2.45) is 5.92 Å². The van der Waals surface area contributed by atoms with Gasteiger partial charge in [-0.25, -0.2) is 4.79 Å². The fraction of sp³-hybridized carbons (Fsp3) is 0.579. The summed E-state index contributed by atoms with van der Waals surface area (Å²) in [4.78, 5) is 21.2. The van der Waals surface area contributed by atoms with Crippen molar-refractivity contribution in [2.45, 2.75) is 51.7 Å². The Morgan fingerprint density at radius 3 is 2.62 bits per heavy atom. The first kappa shape index (κ1) is 25.2. The zero-order valence-corrected chi connectivity index (χ0v) is 18.4. The molecule has 0 saturated carbocycles. The number of piperidine rings is 1. The number of halogens is 5. The first-order chi connectivity index (χ1) is 15.8. The molecule has 0 aromatic carbocycles. The van der Waals surface area contributed by atoms with Crippen LogP contribution in [-0.2, 0) is 4.74 Å². The number of nitrogens with zero attached hydrogens (tertiary/aromatic N) is 4. The molecule has 2 unspecified atom stereocenters. The molecule has 0 bridgehead atoms. The summed E-state index contributed by atoms with van der Waals surface area (Å²) >= 11 is 0. The lowest BCUT2D eigenvalue weighted by Gasteiger charge is -2.39. The molecule has 2 atom stereocenters. The van der Waals surface area contributed by atoms with Crippen LogP contribution in [0.5, 0.6) is 11.8 Å². The minimum absolute atomic E-state index is 0.00140. The highest BCUT2D eigenvalue weighted by molar-refractivity contribution is 5.68. The first-order valence-electron chi connectivity index (χ1n) is 10.1. The molecule has 2 aromatic heterocycles. The lowest BCUT2D eigenvalue weighted by Crippen LogP contribution is -2.53. The molecule has 1 fully saturated rings. The van der Waals surface area contributed by atoms with Gasteiger partial charge >= 0.3 is 18.9 Å². The van der Waals surface area contributed by atoms with E-state index < -0.39 is 43.0 Å². The largest absolute Gasteiger partial charge is 0.472 e. The molecule has 1 aliphatic heterocycles. The van der Waals surface area contributed by atoms with Crippen LogP contribution in [0, 0.1) is 5.92 Å². The predicted octanol–water partition coefficient (Wildman–Crippen LogP) is 4.11. The number of alkyl halides is 5. The van der Waals surface area contributed by atoms with Crippen molar-refractivity contribution >= 4 is 17.7 Å². The number of likely N-dealkylation sites (tertiary alicyclic amines) is 1. The third kappa shape index (κ3) is 7.05. The number of H-pyrrole nitrogens is 1. The number of anilines is 2. The summed E-state index contributed by atoms with van der Waals surface area (Å²) in [5.41, 5.74) is -0.845. The quantitative estimate of drug-likeness (QED) is 0.577. The number of aromatic amines is 1. The highest BCUT2D eigenvalue weighted by Gasteiger charge is 2.50. The Balaban J connectivity index is 1.68. The Hall–Kier alpha value is -3.39. The SMILES string of the molecule is CC(C)(C)OC(=O)N1CCC(Oc2cncc(Nc3cc(OC(F)F)n[nH]3)n2)C(C(F)(F)F)C1. The maximum absolute atomic E-state index is 13.7. The lowest BCUT2D eigenvalue weighted by molar-refractivity contribution is -0.208. The monoisotopic (exact) mass is 494 g/mol. The molecule has 2 N–H and O–H groups in total. The average molecular weight is 494 g/mol. The zero-order chi connectivity index (χ0) is 25.1. The van der Waals surface area contributed by atoms with Crippen molar-refractivity contribution in [3.05, 3.63) is 18.5 Å². The molecule has 15 heteroatoms. The normalized spacial score (nSPS) is 19.1. The molecular weight excluding hydrogens is 471 g/mol. The van der Waals surface area contributed by atoms with Gasteiger partial charge in [0, 0.05) is 25.6 Å². The number of amides is 1. The summed E-state index contributed by atoms with van der Waals surface area (Å²) in [6.45, 7) is 1.18. The fourth-order valence-electron chi connectivity index (χ4n) is 3.16. The standard InChI is InChI=1S/C19H23F5N6O4/c1-18(2,3)34-17(31)30-5-4-11(10(9-30)19(22,23)24)32-15-8-25-7-13(27-15)26-12-6-14(29-28-12)33-16(20)21/h6-8,10-11,16H,4-5,9H2,1-3H3,(H2,26,27,28,29). The predicted molar refractivity (Wildman–Crippen MR) is 107 cm³/mol. The maximum atomic E-state index is 13.7. The molecule has 1 saturated heterocycles. The van der Waals surface area contributed by atoms with Crippen molar-refractivity contribution < 1.29 is 41.0 Å². The second-order valence-corrected chi connectivity index (χ2v) is 8.39. The van der Waals surface area contributed by atoms with Gasteiger partial charge in [0.05, 0.1) is 12.4 Å². The highest BCUT2D eigenvalue weighted by atomic mass is 19.4. The van der Waals surface area contributed by atoms with Crippen molar-refractivity contribution in [1.82, 2.24) is 25.1 Å². The number of rotatable bonds is 6. The fourth-order valence-corrected chi connectivity index (χ4v) is 3.16. The van der Waals surface area contributed by atoms with Crippen molar-refractivity contribution in [1.29, 1.82) is 0 Å². The number of aromatic nitrogens is 4. The van der Waals surface area contributed by atoms with E-state index >= 15 is 0 Å². The van der Waals surface area contributed by atoms with Crippen molar-refractivity contribution in [3.8, 4) is 11.8 Å². The number of carbonyl (C=O) groups is 1. The molecule has 0 spiro atoms. The molecule has 3 heterocycles. The van der Waals surface area contributed by atoms with Gasteiger partial charge in [-0.2, -0.15) is 26.9 Å². The van der Waals surface area contributed by atoms with Crippen LogP contribution in [0.1, 0.15) is 27.2 Å². The lowest BCUT2D eigenvalue weighted by atomic mass is 9.94. The topological polar surface area (TPSA) is 114 Å². The molecular formula is C19H23F5N6O4. The number of hydrogen-bond donors (Lipinski definition) is 2. The van der Waals surface area contributed by atoms with E-state index in [1.54, 1.807) is 20.8 Å². The second-order valence-electron chi connectivity index (χ2n) is 8.39. The van der Waals surface area contributed by atoms with Gasteiger partial charge in [-0.3, -0.25) is 10.1 Å². The summed E-state index contributed by atoms with van der Waals surface area (Å²) in [5, 5.41) is 8.58. The average Bonchev–Trinajstić information content (AvgIpc) is 3.12. The third-order valence-corrected chi connectivity index (χ3v) is 4.53. The van der Waals surface area contributed by atoms with Crippen molar-refractivity contribution in [3.63, 3.8) is 0 Å². The van der Waals surface area contributed by atoms with Crippen LogP contribution in [0.4, 0.5) is 38.4 Å². The molecule has 0 aliphatic carbocycles. The van der Waals surface area contributed by atoms with Gasteiger partial charge in [0.2, 0.25) is 11.8 Å². The molecule has 34 heavy (non-hydrogen) atoms. The summed E-state index contributed by atoms with van der Waals surface area (Å²) in [6, 6.07) is 1.13. The van der Waals surface area contributed by atoms with Crippen LogP contribution in [0.25, 0.3) is 0 Å². The Labute approximate surface area is 190 Å². The summed E-state index contributed by atoms with van der Waals surface area (Å²) in [6.07, 6.45) is -4.53. The van der Waals surface area contributed by atoms with Crippen LogP contribution in [-0.4, -0.2) is 68.7 Å². The van der Waals surface area contributed by atoms with Crippen LogP contribution >= 0.6 is 0 Å². The Bertz CT molecular complexity index is 981. The molecule has 10 nitrogen and oxygen atoms in total. The van der Waals surface area contributed by atoms with Gasteiger partial charge in [-0.1, -0.05) is 0 Å². The summed E-state index contributed by atoms with van der Waals surface area (Å²) in [5.74, 6) is -2.37. The molecule has 0 radical (unpaired) electrons. The van der Waals surface area contributed by atoms with E-state index in [9.17, 15) is 26.7 Å². The van der Waals surface area contributed by atoms with Gasteiger partial charge in [0.1, 0.15) is 23.4 Å². The highest BCUT2D eigenvalue weighted by Crippen LogP contribution is 2.36. The van der Waals surface area contributed by atoms with Gasteiger partial charge < -0.3 is 24.4 Å². The van der Waals surface area contributed by atoms with Crippen LogP contribution in [0.15, 0.2) is 18.5 Å². The number of carbonyl (C=O) groups excluding carboxylic acids is 1. The first-order valence-corrected chi connectivity index (χ1v) is 10.1. The number of hydrogen-bond acceptors (Lipinski definition) is 8. The molecule has 2 aromatic rings. The molecule has 3 rings (SSSR count). The van der Waals surface area contributed by atoms with Gasteiger partial charge in [-0.05, 0) is 20.8 Å². The van der Waals surface area contributed by atoms with Gasteiger partial charge in [0.15, 0.2) is 5.82 Å². The number of ether oxygens (including phenoxy) is 3. The smallest absolute Gasteiger partial charge is 0.410 e. The molecule has 188 valence electrons. The van der Waals surface area contributed by atoms with E-state index in [2.05, 4.69) is 30.2 Å². The molecule has 1 amide bonds. The van der Waals surface area contributed by atoms with Crippen LogP contribution in [0.2, 0.25) is 0 Å². The zero-order valence-electron chi connectivity index (χ0n) is 18.4. The number of nitrogens with one attached hydrogen (secondary N) is 2. The van der Waals surface area contributed by atoms with E-state index in [-0.39, 0.29) is 36.4 Å². The second kappa shape index (κ2) is 9.85. The maximum Gasteiger partial charge on any atom is 0.410 e. The Morgan fingerprint density at radius 1 is 1.24 bits per heavy atom.